The van der Waals surface area contributed by atoms with Crippen molar-refractivity contribution >= 4 is 11.9 Å². The third kappa shape index (κ3) is 3.77. The topological polar surface area (TPSA) is 46.6 Å². The summed E-state index contributed by atoms with van der Waals surface area (Å²) in [4.78, 5) is 27.1. The van der Waals surface area contributed by atoms with Gasteiger partial charge in [0.25, 0.3) is 0 Å². The largest absolute Gasteiger partial charge is 0.445 e. The number of Topliss-reactive ketones (excluding diaryl/α,β-unsaturated/α-hetero) is 1. The van der Waals surface area contributed by atoms with E-state index in [1.165, 1.54) is 0 Å². The normalized spacial score (nSPS) is 23.5. The molecule has 2 aromatic rings. The minimum atomic E-state index is -0.756. The first-order valence-electron chi connectivity index (χ1n) is 9.50. The Morgan fingerprint density at radius 1 is 0.964 bits per heavy atom. The zero-order valence-corrected chi connectivity index (χ0v) is 15.3. The molecule has 6 heteroatoms. The summed E-state index contributed by atoms with van der Waals surface area (Å²) in [5.74, 6) is -2.11. The van der Waals surface area contributed by atoms with Crippen molar-refractivity contribution in [2.45, 2.75) is 44.4 Å². The minimum Gasteiger partial charge on any atom is -0.445 e. The van der Waals surface area contributed by atoms with Crippen LogP contribution in [0.5, 0.6) is 0 Å². The van der Waals surface area contributed by atoms with Crippen molar-refractivity contribution in [3.8, 4) is 0 Å². The summed E-state index contributed by atoms with van der Waals surface area (Å²) < 4.78 is 32.4. The Balaban J connectivity index is 1.41. The molecule has 2 bridgehead atoms. The Kier molecular flexibility index (Phi) is 5.11. The van der Waals surface area contributed by atoms with Gasteiger partial charge in [-0.15, -0.1) is 0 Å². The van der Waals surface area contributed by atoms with Gasteiger partial charge in [0, 0.05) is 29.6 Å². The second-order valence-corrected chi connectivity index (χ2v) is 7.52. The Bertz CT molecular complexity index is 852. The first-order valence-corrected chi connectivity index (χ1v) is 9.50. The molecule has 2 fully saturated rings. The second kappa shape index (κ2) is 7.70. The van der Waals surface area contributed by atoms with Gasteiger partial charge in [0.2, 0.25) is 0 Å². The molecule has 2 heterocycles. The maximum Gasteiger partial charge on any atom is 0.410 e. The summed E-state index contributed by atoms with van der Waals surface area (Å²) in [6.07, 6.45) is 2.25. The molecular formula is C22H21F2NO3. The highest BCUT2D eigenvalue weighted by molar-refractivity contribution is 5.98. The molecule has 1 amide bonds. The average molecular weight is 385 g/mol. The van der Waals surface area contributed by atoms with Gasteiger partial charge >= 0.3 is 6.09 Å². The fourth-order valence-electron chi connectivity index (χ4n) is 4.41. The van der Waals surface area contributed by atoms with Gasteiger partial charge in [-0.2, -0.15) is 0 Å². The van der Waals surface area contributed by atoms with Crippen LogP contribution in [-0.4, -0.2) is 28.9 Å². The maximum absolute atomic E-state index is 13.5. The van der Waals surface area contributed by atoms with Gasteiger partial charge in [-0.1, -0.05) is 30.3 Å². The number of rotatable bonds is 4. The first kappa shape index (κ1) is 18.6. The lowest BCUT2D eigenvalue weighted by Gasteiger charge is -2.37. The summed E-state index contributed by atoms with van der Waals surface area (Å²) in [6, 6.07) is 12.2. The highest BCUT2D eigenvalue weighted by Gasteiger charge is 2.46. The van der Waals surface area contributed by atoms with Gasteiger partial charge in [0.15, 0.2) is 5.78 Å². The van der Waals surface area contributed by atoms with Crippen LogP contribution in [0.15, 0.2) is 48.5 Å². The molecular weight excluding hydrogens is 364 g/mol. The van der Waals surface area contributed by atoms with Crippen LogP contribution in [0, 0.1) is 17.6 Å². The monoisotopic (exact) mass is 385 g/mol. The van der Waals surface area contributed by atoms with Crippen molar-refractivity contribution in [2.75, 3.05) is 0 Å². The van der Waals surface area contributed by atoms with E-state index in [1.54, 1.807) is 4.90 Å². The molecule has 2 aliphatic rings. The lowest BCUT2D eigenvalue weighted by atomic mass is 9.85. The Morgan fingerprint density at radius 2 is 1.57 bits per heavy atom. The number of carbonyl (C=O) groups excluding carboxylic acids is 2. The van der Waals surface area contributed by atoms with Crippen LogP contribution >= 0.6 is 0 Å². The van der Waals surface area contributed by atoms with E-state index in [0.29, 0.717) is 12.8 Å². The van der Waals surface area contributed by atoms with Gasteiger partial charge in [-0.25, -0.2) is 13.6 Å². The Hall–Kier alpha value is -2.76. The fourth-order valence-corrected chi connectivity index (χ4v) is 4.41. The number of benzene rings is 2. The van der Waals surface area contributed by atoms with Gasteiger partial charge in [0.05, 0.1) is 0 Å². The predicted octanol–water partition coefficient (Wildman–Crippen LogP) is 4.73. The number of halogens is 2. The highest BCUT2D eigenvalue weighted by Crippen LogP contribution is 2.40. The van der Waals surface area contributed by atoms with Crippen LogP contribution in [0.4, 0.5) is 13.6 Å². The molecule has 4 nitrogen and oxygen atoms in total. The third-order valence-corrected chi connectivity index (χ3v) is 5.67. The zero-order valence-electron chi connectivity index (χ0n) is 15.3. The molecule has 0 N–H and O–H groups in total. The van der Waals surface area contributed by atoms with E-state index in [0.717, 1.165) is 36.6 Å². The summed E-state index contributed by atoms with van der Waals surface area (Å²) in [6.45, 7) is 0.209. The molecule has 0 radical (unpaired) electrons. The van der Waals surface area contributed by atoms with Crippen molar-refractivity contribution in [1.29, 1.82) is 0 Å². The molecule has 0 aliphatic carbocycles. The lowest BCUT2D eigenvalue weighted by molar-refractivity contribution is 0.0485. The van der Waals surface area contributed by atoms with Crippen LogP contribution in [0.3, 0.4) is 0 Å². The molecule has 146 valence electrons. The van der Waals surface area contributed by atoms with E-state index >= 15 is 0 Å². The molecule has 0 aromatic heterocycles. The molecule has 2 atom stereocenters. The number of carbonyl (C=O) groups is 2. The quantitative estimate of drug-likeness (QED) is 0.715. The average Bonchev–Trinajstić information content (AvgIpc) is 2.95. The molecule has 2 unspecified atom stereocenters. The number of amides is 1. The number of nitrogens with zero attached hydrogens (tertiary/aromatic N) is 1. The summed E-state index contributed by atoms with van der Waals surface area (Å²) >= 11 is 0. The highest BCUT2D eigenvalue weighted by atomic mass is 19.1. The SMILES string of the molecule is O=C(c1cc(F)cc(F)c1)C1CC2CCC(C1)N2C(=O)OCc1ccccc1. The van der Waals surface area contributed by atoms with Crippen molar-refractivity contribution in [3.05, 3.63) is 71.3 Å². The Morgan fingerprint density at radius 3 is 2.18 bits per heavy atom. The van der Waals surface area contributed by atoms with Crippen molar-refractivity contribution in [1.82, 2.24) is 4.90 Å². The van der Waals surface area contributed by atoms with E-state index < -0.39 is 11.6 Å². The molecule has 2 saturated heterocycles. The predicted molar refractivity (Wildman–Crippen MR) is 98.7 cm³/mol. The third-order valence-electron chi connectivity index (χ3n) is 5.67. The number of ether oxygens (including phenoxy) is 1. The summed E-state index contributed by atoms with van der Waals surface area (Å²) in [5.41, 5.74) is 0.975. The van der Waals surface area contributed by atoms with Crippen LogP contribution in [0.2, 0.25) is 0 Å². The molecule has 4 rings (SSSR count). The molecule has 2 aliphatic heterocycles. The standard InChI is InChI=1S/C22H21F2NO3/c23-17-8-15(9-18(24)12-17)21(26)16-10-19-6-7-20(11-16)25(19)22(27)28-13-14-4-2-1-3-5-14/h1-5,8-9,12,16,19-20H,6-7,10-11,13H2. The first-order chi connectivity index (χ1) is 13.5. The smallest absolute Gasteiger partial charge is 0.410 e. The Labute approximate surface area is 162 Å². The van der Waals surface area contributed by atoms with Crippen LogP contribution in [-0.2, 0) is 11.3 Å². The van der Waals surface area contributed by atoms with Crippen LogP contribution < -0.4 is 0 Å². The van der Waals surface area contributed by atoms with Crippen LogP contribution in [0.1, 0.15) is 41.6 Å². The number of ketones is 1. The zero-order chi connectivity index (χ0) is 19.7. The number of hydrogen-bond donors (Lipinski definition) is 0. The lowest BCUT2D eigenvalue weighted by Crippen LogP contribution is -2.48. The van der Waals surface area contributed by atoms with E-state index in [4.69, 9.17) is 4.74 Å². The molecule has 0 spiro atoms. The van der Waals surface area contributed by atoms with E-state index in [1.807, 2.05) is 30.3 Å². The van der Waals surface area contributed by atoms with Gasteiger partial charge in [-0.05, 0) is 43.4 Å². The number of piperidine rings is 1. The van der Waals surface area contributed by atoms with E-state index in [9.17, 15) is 18.4 Å². The molecule has 28 heavy (non-hydrogen) atoms. The molecule has 0 saturated carbocycles. The van der Waals surface area contributed by atoms with Gasteiger partial charge in [-0.3, -0.25) is 4.79 Å². The van der Waals surface area contributed by atoms with E-state index in [2.05, 4.69) is 0 Å². The fraction of sp³-hybridized carbons (Fsp3) is 0.364. The van der Waals surface area contributed by atoms with E-state index in [-0.39, 0.29) is 42.0 Å². The number of fused-ring (bicyclic) bond motifs is 2. The summed E-state index contributed by atoms with van der Waals surface area (Å²) in [5, 5.41) is 0. The minimum absolute atomic E-state index is 0.0574. The van der Waals surface area contributed by atoms with Gasteiger partial charge < -0.3 is 9.64 Å². The second-order valence-electron chi connectivity index (χ2n) is 7.52. The maximum atomic E-state index is 13.5. The van der Waals surface area contributed by atoms with Gasteiger partial charge in [0.1, 0.15) is 18.2 Å². The van der Waals surface area contributed by atoms with Crippen molar-refractivity contribution in [3.63, 3.8) is 0 Å². The number of hydrogen-bond acceptors (Lipinski definition) is 3. The van der Waals surface area contributed by atoms with Crippen molar-refractivity contribution < 1.29 is 23.1 Å². The van der Waals surface area contributed by atoms with Crippen molar-refractivity contribution in [2.24, 2.45) is 5.92 Å². The molecule has 2 aromatic carbocycles. The van der Waals surface area contributed by atoms with Crippen LogP contribution in [0.25, 0.3) is 0 Å². The summed E-state index contributed by atoms with van der Waals surface area (Å²) in [7, 11) is 0.